The molecular formula is C20H31N5O2. The average Bonchev–Trinajstić information content (AvgIpc) is 3.00. The number of aromatic nitrogens is 2. The van der Waals surface area contributed by atoms with E-state index in [0.29, 0.717) is 47.7 Å². The minimum atomic E-state index is 0.284. The summed E-state index contributed by atoms with van der Waals surface area (Å²) in [6.07, 6.45) is 3.70. The summed E-state index contributed by atoms with van der Waals surface area (Å²) in [6.45, 7) is 9.33. The zero-order chi connectivity index (χ0) is 18.9. The Morgan fingerprint density at radius 1 is 1.15 bits per heavy atom. The largest absolute Gasteiger partial charge is 0.343 e. The van der Waals surface area contributed by atoms with Gasteiger partial charge >= 0.3 is 6.01 Å². The quantitative estimate of drug-likeness (QED) is 0.802. The Morgan fingerprint density at radius 3 is 2.48 bits per heavy atom. The van der Waals surface area contributed by atoms with Crippen molar-refractivity contribution < 1.29 is 9.32 Å². The van der Waals surface area contributed by atoms with Gasteiger partial charge in [-0.05, 0) is 57.8 Å². The number of likely N-dealkylation sites (tertiary alicyclic amines) is 1. The molecule has 0 N–H and O–H groups in total. The van der Waals surface area contributed by atoms with Crippen LogP contribution in [0.5, 0.6) is 0 Å². The van der Waals surface area contributed by atoms with Gasteiger partial charge in [-0.15, -0.1) is 0 Å². The Bertz CT molecular complexity index is 722. The van der Waals surface area contributed by atoms with Crippen molar-refractivity contribution >= 4 is 11.9 Å². The van der Waals surface area contributed by atoms with E-state index in [9.17, 15) is 4.79 Å². The second kappa shape index (κ2) is 6.19. The molecule has 3 heterocycles. The second-order valence-corrected chi connectivity index (χ2v) is 9.51. The first-order chi connectivity index (χ1) is 12.9. The minimum absolute atomic E-state index is 0.284. The van der Waals surface area contributed by atoms with Crippen molar-refractivity contribution in [3.05, 3.63) is 5.82 Å². The zero-order valence-corrected chi connectivity index (χ0v) is 16.8. The van der Waals surface area contributed by atoms with E-state index in [-0.39, 0.29) is 5.92 Å². The molecule has 2 aliphatic carbocycles. The van der Waals surface area contributed by atoms with Crippen molar-refractivity contribution in [1.29, 1.82) is 0 Å². The summed E-state index contributed by atoms with van der Waals surface area (Å²) in [7, 11) is 1.95. The van der Waals surface area contributed by atoms with Gasteiger partial charge in [0.25, 0.3) is 0 Å². The molecule has 4 aliphatic rings. The lowest BCUT2D eigenvalue weighted by molar-refractivity contribution is -0.133. The predicted molar refractivity (Wildman–Crippen MR) is 101 cm³/mol. The maximum Gasteiger partial charge on any atom is 0.324 e. The lowest BCUT2D eigenvalue weighted by Crippen LogP contribution is -2.43. The van der Waals surface area contributed by atoms with Gasteiger partial charge in [-0.1, -0.05) is 5.16 Å². The van der Waals surface area contributed by atoms with Crippen LogP contribution in [0.3, 0.4) is 0 Å². The molecule has 7 heteroatoms. The van der Waals surface area contributed by atoms with Crippen LogP contribution in [0.2, 0.25) is 0 Å². The molecule has 2 saturated heterocycles. The number of rotatable bonds is 4. The van der Waals surface area contributed by atoms with Gasteiger partial charge in [-0.25, -0.2) is 0 Å². The minimum Gasteiger partial charge on any atom is -0.343 e. The van der Waals surface area contributed by atoms with Crippen LogP contribution in [0, 0.1) is 30.6 Å². The number of amides is 1. The number of nitrogens with zero attached hydrogens (tertiary/aromatic N) is 5. The SMILES string of the molecule is Cc1noc(N2CC3CC(N4CC5C(C4)C5C(=O)N(C)C(C)C)CC2C3)n1. The molecule has 2 saturated carbocycles. The standard InChI is InChI=1S/C20H31N5O2/c1-11(2)23(4)19(26)18-16-9-24(10-17(16)18)14-5-13-6-15(7-14)25(8-13)20-21-12(3)22-27-20/h11,13-18H,5-10H2,1-4H3. The first-order valence-electron chi connectivity index (χ1n) is 10.5. The van der Waals surface area contributed by atoms with Gasteiger partial charge in [0.2, 0.25) is 5.91 Å². The molecule has 1 aromatic heterocycles. The number of piperidine rings is 1. The third-order valence-corrected chi connectivity index (χ3v) is 7.56. The Kier molecular flexibility index (Phi) is 4.00. The predicted octanol–water partition coefficient (Wildman–Crippen LogP) is 1.78. The van der Waals surface area contributed by atoms with Gasteiger partial charge in [0.05, 0.1) is 0 Å². The van der Waals surface area contributed by atoms with E-state index in [0.717, 1.165) is 25.6 Å². The number of fused-ring (bicyclic) bond motifs is 3. The van der Waals surface area contributed by atoms with E-state index < -0.39 is 0 Å². The number of anilines is 1. The molecular weight excluding hydrogens is 342 g/mol. The average molecular weight is 374 g/mol. The Balaban J connectivity index is 1.19. The number of carbonyl (C=O) groups excluding carboxylic acids is 1. The fourth-order valence-electron chi connectivity index (χ4n) is 5.85. The van der Waals surface area contributed by atoms with Crippen molar-refractivity contribution in [1.82, 2.24) is 19.9 Å². The first kappa shape index (κ1) is 17.5. The van der Waals surface area contributed by atoms with Crippen LogP contribution in [0.25, 0.3) is 0 Å². The Hall–Kier alpha value is -1.63. The number of aryl methyl sites for hydroxylation is 1. The highest BCUT2D eigenvalue weighted by atomic mass is 16.5. The van der Waals surface area contributed by atoms with Gasteiger partial charge in [-0.3, -0.25) is 9.69 Å². The number of hydrogen-bond donors (Lipinski definition) is 0. The smallest absolute Gasteiger partial charge is 0.324 e. The molecule has 7 nitrogen and oxygen atoms in total. The summed E-state index contributed by atoms with van der Waals surface area (Å²) >= 11 is 0. The molecule has 4 fully saturated rings. The normalized spacial score (nSPS) is 37.7. The van der Waals surface area contributed by atoms with Crippen molar-refractivity contribution in [3.8, 4) is 0 Å². The maximum absolute atomic E-state index is 12.6. The molecule has 1 amide bonds. The van der Waals surface area contributed by atoms with Crippen LogP contribution in [-0.4, -0.2) is 70.7 Å². The number of hydrogen-bond acceptors (Lipinski definition) is 6. The molecule has 27 heavy (non-hydrogen) atoms. The lowest BCUT2D eigenvalue weighted by atomic mass is 9.85. The zero-order valence-electron chi connectivity index (χ0n) is 16.8. The van der Waals surface area contributed by atoms with Crippen LogP contribution in [0.1, 0.15) is 38.9 Å². The van der Waals surface area contributed by atoms with E-state index in [4.69, 9.17) is 4.52 Å². The van der Waals surface area contributed by atoms with Gasteiger partial charge in [0, 0.05) is 50.7 Å². The lowest BCUT2D eigenvalue weighted by Gasteiger charge is -2.36. The van der Waals surface area contributed by atoms with Crippen molar-refractivity contribution in [3.63, 3.8) is 0 Å². The fourth-order valence-corrected chi connectivity index (χ4v) is 5.85. The summed E-state index contributed by atoms with van der Waals surface area (Å²) in [6, 6.07) is 2.17. The molecule has 5 unspecified atom stereocenters. The van der Waals surface area contributed by atoms with Crippen molar-refractivity contribution in [2.75, 3.05) is 31.6 Å². The molecule has 0 spiro atoms. The van der Waals surface area contributed by atoms with E-state index in [1.54, 1.807) is 0 Å². The highest BCUT2D eigenvalue weighted by Crippen LogP contribution is 2.54. The third kappa shape index (κ3) is 2.85. The van der Waals surface area contributed by atoms with Crippen LogP contribution in [0.4, 0.5) is 6.01 Å². The molecule has 5 atom stereocenters. The summed E-state index contributed by atoms with van der Waals surface area (Å²) in [5.74, 6) is 3.26. The first-order valence-corrected chi connectivity index (χ1v) is 10.5. The summed E-state index contributed by atoms with van der Waals surface area (Å²) in [4.78, 5) is 24.0. The van der Waals surface area contributed by atoms with Crippen LogP contribution < -0.4 is 4.90 Å². The summed E-state index contributed by atoms with van der Waals surface area (Å²) in [5, 5.41) is 3.96. The van der Waals surface area contributed by atoms with Crippen LogP contribution in [0.15, 0.2) is 4.52 Å². The summed E-state index contributed by atoms with van der Waals surface area (Å²) in [5.41, 5.74) is 0. The maximum atomic E-state index is 12.6. The topological polar surface area (TPSA) is 65.7 Å². The van der Waals surface area contributed by atoms with Crippen molar-refractivity contribution in [2.24, 2.45) is 23.7 Å². The molecule has 5 rings (SSSR count). The number of carbonyl (C=O) groups is 1. The van der Waals surface area contributed by atoms with E-state index in [2.05, 4.69) is 33.8 Å². The van der Waals surface area contributed by atoms with E-state index in [1.807, 2.05) is 18.9 Å². The Labute approximate surface area is 161 Å². The summed E-state index contributed by atoms with van der Waals surface area (Å²) < 4.78 is 5.43. The fraction of sp³-hybridized carbons (Fsp3) is 0.850. The molecule has 2 bridgehead atoms. The molecule has 148 valence electrons. The Morgan fingerprint density at radius 2 is 1.85 bits per heavy atom. The van der Waals surface area contributed by atoms with Gasteiger partial charge in [0.1, 0.15) is 0 Å². The van der Waals surface area contributed by atoms with Gasteiger partial charge in [0.15, 0.2) is 5.82 Å². The highest BCUT2D eigenvalue weighted by molar-refractivity contribution is 5.82. The molecule has 2 aliphatic heterocycles. The monoisotopic (exact) mass is 373 g/mol. The third-order valence-electron chi connectivity index (χ3n) is 7.56. The molecule has 0 radical (unpaired) electrons. The van der Waals surface area contributed by atoms with Crippen LogP contribution in [-0.2, 0) is 4.79 Å². The highest BCUT2D eigenvalue weighted by Gasteiger charge is 2.61. The molecule has 1 aromatic rings. The van der Waals surface area contributed by atoms with E-state index in [1.165, 1.54) is 19.3 Å². The van der Waals surface area contributed by atoms with Gasteiger partial charge < -0.3 is 14.3 Å². The second-order valence-electron chi connectivity index (χ2n) is 9.51. The van der Waals surface area contributed by atoms with Crippen molar-refractivity contribution in [2.45, 2.75) is 58.2 Å². The van der Waals surface area contributed by atoms with Gasteiger partial charge in [-0.2, -0.15) is 4.98 Å². The molecule has 0 aromatic carbocycles. The van der Waals surface area contributed by atoms with E-state index >= 15 is 0 Å². The van der Waals surface area contributed by atoms with Crippen LogP contribution >= 0.6 is 0 Å².